The van der Waals surface area contributed by atoms with Crippen molar-refractivity contribution < 1.29 is 13.9 Å². The molecule has 1 amide bonds. The molecule has 6 nitrogen and oxygen atoms in total. The van der Waals surface area contributed by atoms with Gasteiger partial charge in [-0.25, -0.2) is 4.98 Å². The van der Waals surface area contributed by atoms with Gasteiger partial charge >= 0.3 is 0 Å². The number of aryl methyl sites for hydroxylation is 1. The maximum atomic E-state index is 13.7. The lowest BCUT2D eigenvalue weighted by molar-refractivity contribution is 0.0970. The van der Waals surface area contributed by atoms with Crippen LogP contribution in [0.5, 0.6) is 5.75 Å². The Kier molecular flexibility index (Phi) is 5.34. The summed E-state index contributed by atoms with van der Waals surface area (Å²) in [5, 5.41) is 0.402. The first-order valence-electron chi connectivity index (χ1n) is 10.3. The zero-order chi connectivity index (χ0) is 23.1. The summed E-state index contributed by atoms with van der Waals surface area (Å²) < 4.78 is 12.4. The van der Waals surface area contributed by atoms with Crippen LogP contribution in [-0.2, 0) is 0 Å². The molecule has 0 bridgehead atoms. The Hall–Kier alpha value is -3.71. The topological polar surface area (TPSA) is 72.6 Å². The first-order chi connectivity index (χ1) is 16.0. The summed E-state index contributed by atoms with van der Waals surface area (Å²) in [6.45, 7) is 5.94. The number of aromatic nitrogens is 1. The molecular formula is C26H19BrN2O4. The number of hydrogen-bond donors (Lipinski definition) is 0. The van der Waals surface area contributed by atoms with Gasteiger partial charge in [-0.1, -0.05) is 46.8 Å². The molecule has 2 aromatic heterocycles. The van der Waals surface area contributed by atoms with Crippen molar-refractivity contribution in [2.45, 2.75) is 13.0 Å². The minimum absolute atomic E-state index is 0.0274. The summed E-state index contributed by atoms with van der Waals surface area (Å²) in [6.07, 6.45) is 3.34. The van der Waals surface area contributed by atoms with E-state index < -0.39 is 11.9 Å². The van der Waals surface area contributed by atoms with Gasteiger partial charge in [-0.3, -0.25) is 14.5 Å². The van der Waals surface area contributed by atoms with Crippen LogP contribution >= 0.6 is 15.9 Å². The molecule has 0 fully saturated rings. The van der Waals surface area contributed by atoms with Crippen molar-refractivity contribution >= 4 is 38.6 Å². The van der Waals surface area contributed by atoms with Gasteiger partial charge in [0.2, 0.25) is 5.76 Å². The Labute approximate surface area is 198 Å². The molecule has 0 spiro atoms. The number of anilines is 1. The Balaban J connectivity index is 1.76. The molecule has 5 rings (SSSR count). The molecule has 0 aliphatic carbocycles. The molecule has 4 aromatic rings. The second kappa shape index (κ2) is 8.33. The predicted molar refractivity (Wildman–Crippen MR) is 130 cm³/mol. The number of halogens is 1. The molecule has 1 aliphatic heterocycles. The number of benzene rings is 2. The normalized spacial score (nSPS) is 15.0. The van der Waals surface area contributed by atoms with Crippen LogP contribution in [0.15, 0.2) is 87.1 Å². The molecule has 0 radical (unpaired) electrons. The van der Waals surface area contributed by atoms with E-state index >= 15 is 0 Å². The smallest absolute Gasteiger partial charge is 0.296 e. The minimum atomic E-state index is -0.713. The number of fused-ring (bicyclic) bond motifs is 2. The molecule has 0 saturated carbocycles. The number of amides is 1. The number of hydrogen-bond acceptors (Lipinski definition) is 5. The van der Waals surface area contributed by atoms with Crippen molar-refractivity contribution in [2.24, 2.45) is 0 Å². The van der Waals surface area contributed by atoms with E-state index in [0.717, 1.165) is 10.0 Å². The highest BCUT2D eigenvalue weighted by Gasteiger charge is 2.44. The lowest BCUT2D eigenvalue weighted by atomic mass is 9.98. The van der Waals surface area contributed by atoms with E-state index in [1.165, 1.54) is 4.90 Å². The van der Waals surface area contributed by atoms with Gasteiger partial charge in [-0.15, -0.1) is 0 Å². The van der Waals surface area contributed by atoms with Crippen LogP contribution in [0.25, 0.3) is 11.0 Å². The molecule has 0 N–H and O–H groups in total. The Morgan fingerprint density at radius 2 is 2.03 bits per heavy atom. The van der Waals surface area contributed by atoms with Gasteiger partial charge in [0, 0.05) is 10.7 Å². The predicted octanol–water partition coefficient (Wildman–Crippen LogP) is 5.57. The average Bonchev–Trinajstić information content (AvgIpc) is 3.11. The molecule has 2 aromatic carbocycles. The molecule has 7 heteroatoms. The second-order valence-corrected chi connectivity index (χ2v) is 8.67. The Morgan fingerprint density at radius 3 is 2.79 bits per heavy atom. The highest BCUT2D eigenvalue weighted by molar-refractivity contribution is 9.10. The summed E-state index contributed by atoms with van der Waals surface area (Å²) in [5.41, 5.74) is 2.07. The van der Waals surface area contributed by atoms with E-state index in [4.69, 9.17) is 9.15 Å². The number of ether oxygens (including phenoxy) is 1. The van der Waals surface area contributed by atoms with Gasteiger partial charge in [0.1, 0.15) is 23.8 Å². The van der Waals surface area contributed by atoms with Crippen molar-refractivity contribution in [2.75, 3.05) is 11.5 Å². The number of carbonyl (C=O) groups excluding carboxylic acids is 1. The molecule has 164 valence electrons. The fraction of sp³-hybridized carbons (Fsp3) is 0.115. The third-order valence-electron chi connectivity index (χ3n) is 5.52. The summed E-state index contributed by atoms with van der Waals surface area (Å²) in [5.74, 6) is 0.660. The number of carbonyl (C=O) groups is 1. The number of nitrogens with zero attached hydrogens (tertiary/aromatic N) is 2. The highest BCUT2D eigenvalue weighted by Crippen LogP contribution is 2.41. The largest absolute Gasteiger partial charge is 0.490 e. The van der Waals surface area contributed by atoms with E-state index in [9.17, 15) is 9.59 Å². The molecule has 1 unspecified atom stereocenters. The van der Waals surface area contributed by atoms with E-state index in [0.29, 0.717) is 34.7 Å². The minimum Gasteiger partial charge on any atom is -0.490 e. The van der Waals surface area contributed by atoms with Crippen LogP contribution in [-0.4, -0.2) is 17.5 Å². The van der Waals surface area contributed by atoms with Crippen LogP contribution in [0.4, 0.5) is 5.82 Å². The number of rotatable bonds is 5. The first-order valence-corrected chi connectivity index (χ1v) is 11.1. The lowest BCUT2D eigenvalue weighted by Crippen LogP contribution is -2.30. The van der Waals surface area contributed by atoms with Crippen LogP contribution < -0.4 is 15.1 Å². The molecule has 33 heavy (non-hydrogen) atoms. The molecular weight excluding hydrogens is 484 g/mol. The summed E-state index contributed by atoms with van der Waals surface area (Å²) in [4.78, 5) is 33.2. The van der Waals surface area contributed by atoms with E-state index in [1.807, 2.05) is 37.3 Å². The highest BCUT2D eigenvalue weighted by atomic mass is 79.9. The van der Waals surface area contributed by atoms with Gasteiger partial charge in [-0.05, 0) is 54.4 Å². The number of pyridine rings is 1. The average molecular weight is 503 g/mol. The summed E-state index contributed by atoms with van der Waals surface area (Å²) in [7, 11) is 0. The third-order valence-corrected chi connectivity index (χ3v) is 6.01. The Bertz CT molecular complexity index is 1460. The van der Waals surface area contributed by atoms with Crippen molar-refractivity contribution in [3.05, 3.63) is 111 Å². The van der Waals surface area contributed by atoms with Crippen molar-refractivity contribution in [1.82, 2.24) is 4.98 Å². The van der Waals surface area contributed by atoms with Gasteiger partial charge in [0.15, 0.2) is 5.43 Å². The molecule has 1 aliphatic rings. The molecule has 0 saturated heterocycles. The van der Waals surface area contributed by atoms with E-state index in [1.54, 1.807) is 36.5 Å². The van der Waals surface area contributed by atoms with Crippen molar-refractivity contribution in [3.8, 4) is 5.75 Å². The van der Waals surface area contributed by atoms with Crippen LogP contribution in [0.2, 0.25) is 0 Å². The third kappa shape index (κ3) is 3.64. The van der Waals surface area contributed by atoms with Gasteiger partial charge in [0.25, 0.3) is 5.91 Å². The lowest BCUT2D eigenvalue weighted by Gasteiger charge is -2.24. The zero-order valence-electron chi connectivity index (χ0n) is 17.7. The van der Waals surface area contributed by atoms with Gasteiger partial charge in [0.05, 0.1) is 17.0 Å². The second-order valence-electron chi connectivity index (χ2n) is 7.76. The fourth-order valence-electron chi connectivity index (χ4n) is 4.03. The molecule has 1 atom stereocenters. The van der Waals surface area contributed by atoms with Crippen LogP contribution in [0.1, 0.15) is 33.3 Å². The first kappa shape index (κ1) is 21.2. The summed E-state index contributed by atoms with van der Waals surface area (Å²) in [6, 6.07) is 15.4. The van der Waals surface area contributed by atoms with Gasteiger partial charge < -0.3 is 9.15 Å². The maximum Gasteiger partial charge on any atom is 0.296 e. The quantitative estimate of drug-likeness (QED) is 0.333. The van der Waals surface area contributed by atoms with Crippen molar-refractivity contribution in [1.29, 1.82) is 0 Å². The molecule has 3 heterocycles. The van der Waals surface area contributed by atoms with E-state index in [2.05, 4.69) is 27.5 Å². The Morgan fingerprint density at radius 1 is 1.18 bits per heavy atom. The fourth-order valence-corrected chi connectivity index (χ4v) is 4.39. The van der Waals surface area contributed by atoms with Crippen LogP contribution in [0, 0.1) is 6.92 Å². The standard InChI is InChI=1S/C26H19BrN2O4/c1-3-11-32-18-6-4-5-16(12-18)23-22-24(30)19-13-17(27)8-9-20(19)33-25(22)26(31)29(23)21-10-7-15(2)14-28-21/h3-10,12-14,23H,1,11H2,2H3. The monoisotopic (exact) mass is 502 g/mol. The van der Waals surface area contributed by atoms with Crippen molar-refractivity contribution in [3.63, 3.8) is 0 Å². The maximum absolute atomic E-state index is 13.7. The SMILES string of the molecule is C=CCOc1cccc(C2c3c(oc4ccc(Br)cc4c3=O)C(=O)N2c2ccc(C)cn2)c1. The van der Waals surface area contributed by atoms with Gasteiger partial charge in [-0.2, -0.15) is 0 Å². The van der Waals surface area contributed by atoms with E-state index in [-0.39, 0.29) is 16.8 Å². The van der Waals surface area contributed by atoms with Crippen LogP contribution in [0.3, 0.4) is 0 Å². The summed E-state index contributed by atoms with van der Waals surface area (Å²) >= 11 is 3.42. The zero-order valence-corrected chi connectivity index (χ0v) is 19.3.